The molecule has 76 valence electrons. The maximum absolute atomic E-state index is 4.43. The largest absolute Gasteiger partial charge is 0.357 e. The first-order valence-electron chi connectivity index (χ1n) is 5.14. The number of piperidine rings is 1. The average Bonchev–Trinajstić information content (AvgIpc) is 2.30. The van der Waals surface area contributed by atoms with Crippen LogP contribution in [0.15, 0.2) is 12.3 Å². The number of anilines is 1. The molecule has 0 aromatic carbocycles. The van der Waals surface area contributed by atoms with E-state index in [0.717, 1.165) is 12.2 Å². The first-order chi connectivity index (χ1) is 6.90. The van der Waals surface area contributed by atoms with Gasteiger partial charge in [-0.15, -0.1) is 0 Å². The molecule has 2 N–H and O–H groups in total. The molecule has 4 nitrogen and oxygen atoms in total. The SMILES string of the molecule is CNc1nccc(C2CCCCN2)n1. The van der Waals surface area contributed by atoms with Crippen molar-refractivity contribution in [2.75, 3.05) is 18.9 Å². The maximum atomic E-state index is 4.43. The summed E-state index contributed by atoms with van der Waals surface area (Å²) in [4.78, 5) is 8.53. The highest BCUT2D eigenvalue weighted by molar-refractivity contribution is 5.24. The standard InChI is InChI=1S/C10H16N4/c1-11-10-13-7-5-9(14-10)8-4-2-3-6-12-8/h5,7-8,12H,2-4,6H2,1H3,(H,11,13,14). The van der Waals surface area contributed by atoms with Gasteiger partial charge in [-0.1, -0.05) is 6.42 Å². The van der Waals surface area contributed by atoms with E-state index in [1.807, 2.05) is 19.3 Å². The van der Waals surface area contributed by atoms with Crippen molar-refractivity contribution in [3.05, 3.63) is 18.0 Å². The Morgan fingerprint density at radius 2 is 2.43 bits per heavy atom. The summed E-state index contributed by atoms with van der Waals surface area (Å²) in [6, 6.07) is 2.41. The molecular formula is C10H16N4. The highest BCUT2D eigenvalue weighted by atomic mass is 15.1. The number of hydrogen-bond donors (Lipinski definition) is 2. The molecule has 0 bridgehead atoms. The summed E-state index contributed by atoms with van der Waals surface area (Å²) in [5, 5.41) is 6.43. The van der Waals surface area contributed by atoms with Crippen LogP contribution in [0.1, 0.15) is 31.0 Å². The lowest BCUT2D eigenvalue weighted by atomic mass is 10.0. The van der Waals surface area contributed by atoms with Crippen LogP contribution in [0.3, 0.4) is 0 Å². The van der Waals surface area contributed by atoms with Crippen LogP contribution in [0.4, 0.5) is 5.95 Å². The van der Waals surface area contributed by atoms with Crippen LogP contribution in [0.2, 0.25) is 0 Å². The fourth-order valence-corrected chi connectivity index (χ4v) is 1.79. The fraction of sp³-hybridized carbons (Fsp3) is 0.600. The minimum Gasteiger partial charge on any atom is -0.357 e. The van der Waals surface area contributed by atoms with Crippen molar-refractivity contribution in [2.45, 2.75) is 25.3 Å². The second-order valence-corrected chi connectivity index (χ2v) is 3.56. The third kappa shape index (κ3) is 2.01. The van der Waals surface area contributed by atoms with E-state index in [4.69, 9.17) is 0 Å². The van der Waals surface area contributed by atoms with E-state index in [-0.39, 0.29) is 0 Å². The lowest BCUT2D eigenvalue weighted by Crippen LogP contribution is -2.27. The Morgan fingerprint density at radius 3 is 3.14 bits per heavy atom. The molecule has 1 aliphatic heterocycles. The summed E-state index contributed by atoms with van der Waals surface area (Å²) < 4.78 is 0. The van der Waals surface area contributed by atoms with Crippen molar-refractivity contribution in [3.8, 4) is 0 Å². The van der Waals surface area contributed by atoms with Crippen molar-refractivity contribution < 1.29 is 0 Å². The van der Waals surface area contributed by atoms with Gasteiger partial charge in [-0.25, -0.2) is 9.97 Å². The fourth-order valence-electron chi connectivity index (χ4n) is 1.79. The van der Waals surface area contributed by atoms with E-state index in [9.17, 15) is 0 Å². The summed E-state index contributed by atoms with van der Waals surface area (Å²) in [6.07, 6.45) is 5.56. The summed E-state index contributed by atoms with van der Waals surface area (Å²) in [6.45, 7) is 1.10. The maximum Gasteiger partial charge on any atom is 0.222 e. The minimum atomic E-state index is 0.416. The molecule has 14 heavy (non-hydrogen) atoms. The van der Waals surface area contributed by atoms with Gasteiger partial charge in [0.25, 0.3) is 0 Å². The molecule has 1 unspecified atom stereocenters. The molecule has 0 radical (unpaired) electrons. The van der Waals surface area contributed by atoms with Crippen molar-refractivity contribution in [2.24, 2.45) is 0 Å². The molecule has 0 aliphatic carbocycles. The molecule has 1 saturated heterocycles. The van der Waals surface area contributed by atoms with Crippen molar-refractivity contribution in [1.29, 1.82) is 0 Å². The second kappa shape index (κ2) is 4.37. The van der Waals surface area contributed by atoms with Crippen LogP contribution in [-0.2, 0) is 0 Å². The van der Waals surface area contributed by atoms with Crippen LogP contribution < -0.4 is 10.6 Å². The van der Waals surface area contributed by atoms with Gasteiger partial charge in [0.1, 0.15) is 0 Å². The van der Waals surface area contributed by atoms with E-state index < -0.39 is 0 Å². The third-order valence-corrected chi connectivity index (χ3v) is 2.57. The first-order valence-corrected chi connectivity index (χ1v) is 5.14. The van der Waals surface area contributed by atoms with Crippen molar-refractivity contribution in [1.82, 2.24) is 15.3 Å². The van der Waals surface area contributed by atoms with Crippen LogP contribution in [0, 0.1) is 0 Å². The minimum absolute atomic E-state index is 0.416. The molecule has 1 aromatic heterocycles. The van der Waals surface area contributed by atoms with Crippen LogP contribution in [0.5, 0.6) is 0 Å². The van der Waals surface area contributed by atoms with E-state index in [1.165, 1.54) is 19.3 Å². The Hall–Kier alpha value is -1.16. The van der Waals surface area contributed by atoms with Crippen molar-refractivity contribution >= 4 is 5.95 Å². The van der Waals surface area contributed by atoms with Crippen LogP contribution in [-0.4, -0.2) is 23.6 Å². The van der Waals surface area contributed by atoms with Gasteiger partial charge in [0, 0.05) is 19.3 Å². The highest BCUT2D eigenvalue weighted by Crippen LogP contribution is 2.21. The number of aromatic nitrogens is 2. The van der Waals surface area contributed by atoms with E-state index in [0.29, 0.717) is 12.0 Å². The van der Waals surface area contributed by atoms with E-state index in [1.54, 1.807) is 0 Å². The second-order valence-electron chi connectivity index (χ2n) is 3.56. The zero-order valence-corrected chi connectivity index (χ0v) is 8.45. The van der Waals surface area contributed by atoms with Gasteiger partial charge in [-0.05, 0) is 25.5 Å². The normalized spacial score (nSPS) is 21.9. The molecule has 2 rings (SSSR count). The van der Waals surface area contributed by atoms with E-state index in [2.05, 4.69) is 20.6 Å². The molecule has 1 aromatic rings. The van der Waals surface area contributed by atoms with Gasteiger partial charge in [-0.2, -0.15) is 0 Å². The van der Waals surface area contributed by atoms with Gasteiger partial charge >= 0.3 is 0 Å². The van der Waals surface area contributed by atoms with E-state index >= 15 is 0 Å². The Kier molecular flexibility index (Phi) is 2.93. The zero-order chi connectivity index (χ0) is 9.80. The molecule has 2 heterocycles. The molecule has 1 fully saturated rings. The number of nitrogens with zero attached hydrogens (tertiary/aromatic N) is 2. The summed E-state index contributed by atoms with van der Waals surface area (Å²) in [5.41, 5.74) is 1.10. The molecule has 4 heteroatoms. The predicted molar refractivity (Wildman–Crippen MR) is 56.2 cm³/mol. The first kappa shape index (κ1) is 9.40. The summed E-state index contributed by atoms with van der Waals surface area (Å²) >= 11 is 0. The van der Waals surface area contributed by atoms with Gasteiger partial charge in [-0.3, -0.25) is 0 Å². The molecule has 0 saturated carbocycles. The van der Waals surface area contributed by atoms with Crippen LogP contribution >= 0.6 is 0 Å². The zero-order valence-electron chi connectivity index (χ0n) is 8.45. The van der Waals surface area contributed by atoms with Gasteiger partial charge in [0.2, 0.25) is 5.95 Å². The Morgan fingerprint density at radius 1 is 1.50 bits per heavy atom. The number of nitrogens with one attached hydrogen (secondary N) is 2. The van der Waals surface area contributed by atoms with Gasteiger partial charge < -0.3 is 10.6 Å². The van der Waals surface area contributed by atoms with Crippen LogP contribution in [0.25, 0.3) is 0 Å². The quantitative estimate of drug-likeness (QED) is 0.742. The number of rotatable bonds is 2. The van der Waals surface area contributed by atoms with Gasteiger partial charge in [0.15, 0.2) is 0 Å². The Labute approximate surface area is 84.2 Å². The Balaban J connectivity index is 2.13. The lowest BCUT2D eigenvalue weighted by molar-refractivity contribution is 0.405. The predicted octanol–water partition coefficient (Wildman–Crippen LogP) is 1.33. The molecule has 0 amide bonds. The smallest absolute Gasteiger partial charge is 0.222 e. The lowest BCUT2D eigenvalue weighted by Gasteiger charge is -2.22. The van der Waals surface area contributed by atoms with Crippen molar-refractivity contribution in [3.63, 3.8) is 0 Å². The molecule has 1 aliphatic rings. The monoisotopic (exact) mass is 192 g/mol. The molecular weight excluding hydrogens is 176 g/mol. The highest BCUT2D eigenvalue weighted by Gasteiger charge is 2.15. The summed E-state index contributed by atoms with van der Waals surface area (Å²) in [5.74, 6) is 0.704. The average molecular weight is 192 g/mol. The molecule has 0 spiro atoms. The van der Waals surface area contributed by atoms with Gasteiger partial charge in [0.05, 0.1) is 5.69 Å². The molecule has 1 atom stereocenters. The Bertz CT molecular complexity index is 294. The summed E-state index contributed by atoms with van der Waals surface area (Å²) in [7, 11) is 1.84. The number of hydrogen-bond acceptors (Lipinski definition) is 4. The topological polar surface area (TPSA) is 49.8 Å². The third-order valence-electron chi connectivity index (χ3n) is 2.57.